The quantitative estimate of drug-likeness (QED) is 0.533. The van der Waals surface area contributed by atoms with Crippen LogP contribution in [0.15, 0.2) is 51.6 Å². The summed E-state index contributed by atoms with van der Waals surface area (Å²) in [4.78, 5) is 24.2. The van der Waals surface area contributed by atoms with Crippen molar-refractivity contribution in [2.75, 3.05) is 13.2 Å². The summed E-state index contributed by atoms with van der Waals surface area (Å²) in [6.45, 7) is 3.97. The van der Waals surface area contributed by atoms with E-state index in [1.54, 1.807) is 6.07 Å². The van der Waals surface area contributed by atoms with Gasteiger partial charge in [0.2, 0.25) is 0 Å². The number of amides is 1. The molecule has 134 valence electrons. The molecule has 1 aromatic carbocycles. The van der Waals surface area contributed by atoms with Crippen LogP contribution in [0.1, 0.15) is 24.4 Å². The van der Waals surface area contributed by atoms with Gasteiger partial charge in [0, 0.05) is 4.47 Å². The predicted molar refractivity (Wildman–Crippen MR) is 95.4 cm³/mol. The van der Waals surface area contributed by atoms with Gasteiger partial charge < -0.3 is 19.2 Å². The number of rotatable bonds is 8. The molecule has 0 saturated heterocycles. The van der Waals surface area contributed by atoms with Gasteiger partial charge in [-0.05, 0) is 42.3 Å². The van der Waals surface area contributed by atoms with E-state index < -0.39 is 17.9 Å². The molecule has 7 heteroatoms. The molecule has 25 heavy (non-hydrogen) atoms. The SMILES string of the molecule is CC(C)[C@H](NC(=O)c1ccco1)C(=O)OCCOc1ccc(Br)cc1. The molecule has 0 saturated carbocycles. The molecule has 1 amide bonds. The summed E-state index contributed by atoms with van der Waals surface area (Å²) in [5.41, 5.74) is 0. The molecule has 0 aliphatic carbocycles. The number of hydrogen-bond donors (Lipinski definition) is 1. The molecule has 1 aromatic heterocycles. The number of nitrogens with one attached hydrogen (secondary N) is 1. The molecular formula is C18H20BrNO5. The monoisotopic (exact) mass is 409 g/mol. The number of hydrogen-bond acceptors (Lipinski definition) is 5. The maximum atomic E-state index is 12.2. The summed E-state index contributed by atoms with van der Waals surface area (Å²) in [5.74, 6) is -0.248. The molecule has 0 bridgehead atoms. The van der Waals surface area contributed by atoms with Crippen molar-refractivity contribution >= 4 is 27.8 Å². The number of benzene rings is 1. The number of ether oxygens (including phenoxy) is 2. The third-order valence-corrected chi connectivity index (χ3v) is 3.89. The van der Waals surface area contributed by atoms with Gasteiger partial charge in [-0.1, -0.05) is 29.8 Å². The van der Waals surface area contributed by atoms with E-state index in [2.05, 4.69) is 21.2 Å². The number of carbonyl (C=O) groups excluding carboxylic acids is 2. The van der Waals surface area contributed by atoms with E-state index in [0.717, 1.165) is 4.47 Å². The maximum Gasteiger partial charge on any atom is 0.329 e. The summed E-state index contributed by atoms with van der Waals surface area (Å²) >= 11 is 3.34. The van der Waals surface area contributed by atoms with Gasteiger partial charge >= 0.3 is 5.97 Å². The largest absolute Gasteiger partial charge is 0.490 e. The molecule has 2 rings (SSSR count). The van der Waals surface area contributed by atoms with Crippen LogP contribution in [-0.2, 0) is 9.53 Å². The van der Waals surface area contributed by atoms with E-state index in [9.17, 15) is 9.59 Å². The van der Waals surface area contributed by atoms with E-state index in [0.29, 0.717) is 5.75 Å². The zero-order valence-electron chi connectivity index (χ0n) is 14.0. The van der Waals surface area contributed by atoms with Crippen molar-refractivity contribution in [3.63, 3.8) is 0 Å². The Morgan fingerprint density at radius 1 is 1.16 bits per heavy atom. The molecule has 0 aliphatic heterocycles. The fourth-order valence-electron chi connectivity index (χ4n) is 2.04. The standard InChI is InChI=1S/C18H20BrNO5/c1-12(2)16(20-17(21)15-4-3-9-24-15)18(22)25-11-10-23-14-7-5-13(19)6-8-14/h3-9,12,16H,10-11H2,1-2H3,(H,20,21)/t16-/m0/s1. The lowest BCUT2D eigenvalue weighted by Crippen LogP contribution is -2.45. The van der Waals surface area contributed by atoms with Crippen LogP contribution in [-0.4, -0.2) is 31.1 Å². The molecule has 0 spiro atoms. The summed E-state index contributed by atoms with van der Waals surface area (Å²) in [5, 5.41) is 2.63. The lowest BCUT2D eigenvalue weighted by atomic mass is 10.0. The van der Waals surface area contributed by atoms with Crippen molar-refractivity contribution in [1.82, 2.24) is 5.32 Å². The highest BCUT2D eigenvalue weighted by atomic mass is 79.9. The minimum atomic E-state index is -0.759. The molecule has 2 aromatic rings. The van der Waals surface area contributed by atoms with Crippen LogP contribution in [0.4, 0.5) is 0 Å². The van der Waals surface area contributed by atoms with Gasteiger partial charge in [-0.3, -0.25) is 4.79 Å². The average Bonchev–Trinajstić information content (AvgIpc) is 3.12. The summed E-state index contributed by atoms with van der Waals surface area (Å²) in [7, 11) is 0. The van der Waals surface area contributed by atoms with Gasteiger partial charge in [0.1, 0.15) is 25.0 Å². The summed E-state index contributed by atoms with van der Waals surface area (Å²) < 4.78 is 16.7. The predicted octanol–water partition coefficient (Wildman–Crippen LogP) is 3.42. The lowest BCUT2D eigenvalue weighted by Gasteiger charge is -2.20. The van der Waals surface area contributed by atoms with Crippen molar-refractivity contribution in [2.24, 2.45) is 5.92 Å². The zero-order chi connectivity index (χ0) is 18.2. The Labute approximate surface area is 154 Å². The van der Waals surface area contributed by atoms with Crippen LogP contribution in [0.3, 0.4) is 0 Å². The van der Waals surface area contributed by atoms with Crippen molar-refractivity contribution in [3.05, 3.63) is 52.9 Å². The lowest BCUT2D eigenvalue weighted by molar-refractivity contribution is -0.147. The van der Waals surface area contributed by atoms with Crippen molar-refractivity contribution < 1.29 is 23.5 Å². The molecule has 0 radical (unpaired) electrons. The van der Waals surface area contributed by atoms with Crippen LogP contribution in [0, 0.1) is 5.92 Å². The Morgan fingerprint density at radius 2 is 1.88 bits per heavy atom. The van der Waals surface area contributed by atoms with Crippen LogP contribution >= 0.6 is 15.9 Å². The first-order valence-corrected chi connectivity index (χ1v) is 8.66. The van der Waals surface area contributed by atoms with Gasteiger partial charge in [0.25, 0.3) is 5.91 Å². The first-order valence-electron chi connectivity index (χ1n) is 7.86. The second-order valence-corrected chi connectivity index (χ2v) is 6.56. The average molecular weight is 410 g/mol. The minimum absolute atomic E-state index is 0.0920. The van der Waals surface area contributed by atoms with E-state index in [1.165, 1.54) is 12.3 Å². The molecular weight excluding hydrogens is 390 g/mol. The van der Waals surface area contributed by atoms with Crippen LogP contribution in [0.5, 0.6) is 5.75 Å². The first-order chi connectivity index (χ1) is 12.0. The highest BCUT2D eigenvalue weighted by molar-refractivity contribution is 9.10. The van der Waals surface area contributed by atoms with Gasteiger partial charge in [-0.2, -0.15) is 0 Å². The zero-order valence-corrected chi connectivity index (χ0v) is 15.6. The molecule has 0 unspecified atom stereocenters. The van der Waals surface area contributed by atoms with E-state index in [1.807, 2.05) is 38.1 Å². The first kappa shape index (κ1) is 19.1. The molecule has 1 heterocycles. The smallest absolute Gasteiger partial charge is 0.329 e. The summed E-state index contributed by atoms with van der Waals surface area (Å²) in [6, 6.07) is 9.73. The molecule has 1 atom stereocenters. The summed E-state index contributed by atoms with van der Waals surface area (Å²) in [6.07, 6.45) is 1.40. The van der Waals surface area contributed by atoms with Gasteiger partial charge in [-0.15, -0.1) is 0 Å². The highest BCUT2D eigenvalue weighted by Crippen LogP contribution is 2.16. The van der Waals surface area contributed by atoms with Gasteiger partial charge in [0.15, 0.2) is 5.76 Å². The van der Waals surface area contributed by atoms with Gasteiger partial charge in [0.05, 0.1) is 6.26 Å². The van der Waals surface area contributed by atoms with Gasteiger partial charge in [-0.25, -0.2) is 4.79 Å². The van der Waals surface area contributed by atoms with Crippen molar-refractivity contribution in [3.8, 4) is 5.75 Å². The van der Waals surface area contributed by atoms with Crippen molar-refractivity contribution in [1.29, 1.82) is 0 Å². The topological polar surface area (TPSA) is 77.8 Å². The van der Waals surface area contributed by atoms with E-state index in [-0.39, 0.29) is 24.9 Å². The van der Waals surface area contributed by atoms with Crippen LogP contribution < -0.4 is 10.1 Å². The third kappa shape index (κ3) is 5.94. The second-order valence-electron chi connectivity index (χ2n) is 5.64. The Bertz CT molecular complexity index is 682. The number of furan rings is 1. The highest BCUT2D eigenvalue weighted by Gasteiger charge is 2.26. The van der Waals surface area contributed by atoms with E-state index >= 15 is 0 Å². The Hall–Kier alpha value is -2.28. The molecule has 1 N–H and O–H groups in total. The number of esters is 1. The second kappa shape index (κ2) is 9.27. The van der Waals surface area contributed by atoms with E-state index in [4.69, 9.17) is 13.9 Å². The Kier molecular flexibility index (Phi) is 7.06. The number of halogens is 1. The molecule has 0 fully saturated rings. The van der Waals surface area contributed by atoms with Crippen LogP contribution in [0.2, 0.25) is 0 Å². The maximum absolute atomic E-state index is 12.2. The Morgan fingerprint density at radius 3 is 2.48 bits per heavy atom. The molecule has 6 nitrogen and oxygen atoms in total. The minimum Gasteiger partial charge on any atom is -0.490 e. The van der Waals surface area contributed by atoms with Crippen molar-refractivity contribution in [2.45, 2.75) is 19.9 Å². The normalized spacial score (nSPS) is 11.8. The van der Waals surface area contributed by atoms with Crippen LogP contribution in [0.25, 0.3) is 0 Å². The third-order valence-electron chi connectivity index (χ3n) is 3.36. The molecule has 0 aliphatic rings. The number of carbonyl (C=O) groups is 2. The fourth-order valence-corrected chi connectivity index (χ4v) is 2.30. The Balaban J connectivity index is 1.79. The fraction of sp³-hybridized carbons (Fsp3) is 0.333.